The molecule has 0 saturated heterocycles. The van der Waals surface area contributed by atoms with E-state index >= 15 is 0 Å². The molecule has 0 fully saturated rings. The van der Waals surface area contributed by atoms with Crippen LogP contribution >= 0.6 is 0 Å². The van der Waals surface area contributed by atoms with Crippen LogP contribution in [0, 0.1) is 0 Å². The van der Waals surface area contributed by atoms with Crippen LogP contribution in [0.2, 0.25) is 0 Å². The van der Waals surface area contributed by atoms with Crippen LogP contribution in [-0.2, 0) is 11.2 Å². The highest BCUT2D eigenvalue weighted by atomic mass is 16.5. The molecule has 2 aromatic rings. The van der Waals surface area contributed by atoms with Crippen LogP contribution in [0.3, 0.4) is 0 Å². The van der Waals surface area contributed by atoms with Crippen molar-refractivity contribution in [2.24, 2.45) is 0 Å². The minimum atomic E-state index is -1.05. The largest absolute Gasteiger partial charge is 0.465 e. The first-order chi connectivity index (χ1) is 9.75. The third kappa shape index (κ3) is 2.37. The van der Waals surface area contributed by atoms with Crippen molar-refractivity contribution in [3.05, 3.63) is 41.7 Å². The summed E-state index contributed by atoms with van der Waals surface area (Å²) in [4.78, 5) is 10.6. The smallest absolute Gasteiger partial charge is 0.404 e. The summed E-state index contributed by atoms with van der Waals surface area (Å²) in [6.07, 6.45) is 1.01. The fourth-order valence-corrected chi connectivity index (χ4v) is 2.52. The number of carboxylic acid groups (broad SMARTS) is 1. The average Bonchev–Trinajstić information content (AvgIpc) is 2.98. The lowest BCUT2D eigenvalue weighted by Crippen LogP contribution is -2.30. The van der Waals surface area contributed by atoms with Crippen molar-refractivity contribution >= 4 is 6.09 Å². The molecule has 2 heterocycles. The summed E-state index contributed by atoms with van der Waals surface area (Å²) in [7, 11) is 0. The zero-order valence-electron chi connectivity index (χ0n) is 10.7. The van der Waals surface area contributed by atoms with Gasteiger partial charge in [0.1, 0.15) is 18.1 Å². The van der Waals surface area contributed by atoms with Crippen LogP contribution in [-0.4, -0.2) is 29.5 Å². The number of ether oxygens (including phenoxy) is 1. The molecule has 1 aliphatic heterocycles. The van der Waals surface area contributed by atoms with Crippen molar-refractivity contribution < 1.29 is 19.2 Å². The van der Waals surface area contributed by atoms with E-state index in [-0.39, 0.29) is 12.6 Å². The normalized spacial score (nSPS) is 17.5. The van der Waals surface area contributed by atoms with Crippen LogP contribution in [0.4, 0.5) is 4.79 Å². The lowest BCUT2D eigenvalue weighted by molar-refractivity contribution is 0.0428. The van der Waals surface area contributed by atoms with Crippen molar-refractivity contribution in [1.29, 1.82) is 0 Å². The third-order valence-electron chi connectivity index (χ3n) is 3.38. The highest BCUT2D eigenvalue weighted by molar-refractivity contribution is 5.66. The molecule has 1 aromatic heterocycles. The van der Waals surface area contributed by atoms with Crippen LogP contribution < -0.4 is 5.32 Å². The molecule has 1 aliphatic rings. The van der Waals surface area contributed by atoms with Crippen molar-refractivity contribution in [1.82, 2.24) is 10.5 Å². The summed E-state index contributed by atoms with van der Waals surface area (Å²) >= 11 is 0. The van der Waals surface area contributed by atoms with Gasteiger partial charge in [-0.1, -0.05) is 23.4 Å². The van der Waals surface area contributed by atoms with Gasteiger partial charge in [-0.15, -0.1) is 0 Å². The van der Waals surface area contributed by atoms with E-state index in [1.165, 1.54) is 6.26 Å². The number of fused-ring (bicyclic) bond motifs is 1. The Morgan fingerprint density at radius 2 is 2.35 bits per heavy atom. The summed E-state index contributed by atoms with van der Waals surface area (Å²) in [5.74, 6) is 0. The summed E-state index contributed by atoms with van der Waals surface area (Å²) in [5.41, 5.74) is 3.95. The Morgan fingerprint density at radius 1 is 1.45 bits per heavy atom. The number of aromatic nitrogens is 1. The van der Waals surface area contributed by atoms with Gasteiger partial charge in [-0.2, -0.15) is 0 Å². The van der Waals surface area contributed by atoms with E-state index in [4.69, 9.17) is 14.4 Å². The molecule has 6 heteroatoms. The molecular formula is C14H14N2O4. The van der Waals surface area contributed by atoms with Gasteiger partial charge in [-0.25, -0.2) is 4.79 Å². The van der Waals surface area contributed by atoms with E-state index in [9.17, 15) is 4.79 Å². The quantitative estimate of drug-likeness (QED) is 0.896. The third-order valence-corrected chi connectivity index (χ3v) is 3.38. The second-order valence-corrected chi connectivity index (χ2v) is 4.55. The van der Waals surface area contributed by atoms with Crippen molar-refractivity contribution in [3.63, 3.8) is 0 Å². The first kappa shape index (κ1) is 12.7. The molecule has 2 N–H and O–H groups in total. The van der Waals surface area contributed by atoms with E-state index in [2.05, 4.69) is 10.5 Å². The predicted molar refractivity (Wildman–Crippen MR) is 70.4 cm³/mol. The molecule has 104 valence electrons. The Balaban J connectivity index is 1.94. The van der Waals surface area contributed by atoms with Gasteiger partial charge in [0.25, 0.3) is 0 Å². The lowest BCUT2D eigenvalue weighted by atomic mass is 9.91. The van der Waals surface area contributed by atoms with Gasteiger partial charge in [0, 0.05) is 11.6 Å². The number of carbonyl (C=O) groups is 1. The highest BCUT2D eigenvalue weighted by Gasteiger charge is 2.24. The van der Waals surface area contributed by atoms with Gasteiger partial charge in [0.2, 0.25) is 0 Å². The Bertz CT molecular complexity index is 610. The minimum Gasteiger partial charge on any atom is -0.465 e. The predicted octanol–water partition coefficient (Wildman–Crippen LogP) is 2.22. The Hall–Kier alpha value is -2.34. The van der Waals surface area contributed by atoms with E-state index in [0.717, 1.165) is 28.8 Å². The summed E-state index contributed by atoms with van der Waals surface area (Å²) in [6.45, 7) is 0.804. The molecule has 6 nitrogen and oxygen atoms in total. The molecule has 0 bridgehead atoms. The topological polar surface area (TPSA) is 84.6 Å². The van der Waals surface area contributed by atoms with Gasteiger partial charge in [0.15, 0.2) is 0 Å². The van der Waals surface area contributed by atoms with E-state index in [1.807, 2.05) is 24.3 Å². The standard InChI is InChI=1S/C14H14N2O4/c17-14(18)15-8-13-11-3-1-2-10(9(11)4-6-19-13)12-5-7-20-16-12/h1-3,5,7,13,15H,4,6,8H2,(H,17,18). The second-order valence-electron chi connectivity index (χ2n) is 4.55. The molecule has 20 heavy (non-hydrogen) atoms. The zero-order chi connectivity index (χ0) is 13.9. The molecule has 0 radical (unpaired) electrons. The minimum absolute atomic E-state index is 0.241. The number of amides is 1. The number of hydrogen-bond acceptors (Lipinski definition) is 4. The maximum atomic E-state index is 10.6. The zero-order valence-corrected chi connectivity index (χ0v) is 10.7. The first-order valence-electron chi connectivity index (χ1n) is 6.36. The molecule has 1 atom stereocenters. The average molecular weight is 274 g/mol. The molecule has 1 unspecified atom stereocenters. The van der Waals surface area contributed by atoms with E-state index in [1.54, 1.807) is 0 Å². The van der Waals surface area contributed by atoms with Crippen LogP contribution in [0.15, 0.2) is 35.1 Å². The van der Waals surface area contributed by atoms with Gasteiger partial charge >= 0.3 is 6.09 Å². The van der Waals surface area contributed by atoms with Gasteiger partial charge < -0.3 is 19.7 Å². The molecule has 0 aliphatic carbocycles. The monoisotopic (exact) mass is 274 g/mol. The molecule has 1 amide bonds. The molecule has 0 saturated carbocycles. The van der Waals surface area contributed by atoms with Crippen molar-refractivity contribution in [2.45, 2.75) is 12.5 Å². The van der Waals surface area contributed by atoms with Crippen LogP contribution in [0.5, 0.6) is 0 Å². The molecule has 0 spiro atoms. The molecule has 1 aromatic carbocycles. The van der Waals surface area contributed by atoms with Crippen molar-refractivity contribution in [3.8, 4) is 11.3 Å². The number of nitrogens with zero attached hydrogens (tertiary/aromatic N) is 1. The van der Waals surface area contributed by atoms with Gasteiger partial charge in [-0.05, 0) is 17.5 Å². The van der Waals surface area contributed by atoms with Gasteiger partial charge in [-0.3, -0.25) is 0 Å². The summed E-state index contributed by atoms with van der Waals surface area (Å²) in [6, 6.07) is 7.69. The van der Waals surface area contributed by atoms with Crippen LogP contribution in [0.1, 0.15) is 17.2 Å². The highest BCUT2D eigenvalue weighted by Crippen LogP contribution is 2.33. The second kappa shape index (κ2) is 5.34. The Kier molecular flexibility index (Phi) is 3.39. The number of benzene rings is 1. The van der Waals surface area contributed by atoms with Crippen LogP contribution in [0.25, 0.3) is 11.3 Å². The SMILES string of the molecule is O=C(O)NCC1OCCc2c(-c3ccon3)cccc21. The summed E-state index contributed by atoms with van der Waals surface area (Å²) in [5, 5.41) is 15.0. The van der Waals surface area contributed by atoms with Gasteiger partial charge in [0.05, 0.1) is 13.2 Å². The fraction of sp³-hybridized carbons (Fsp3) is 0.286. The van der Waals surface area contributed by atoms with E-state index < -0.39 is 6.09 Å². The maximum absolute atomic E-state index is 10.6. The lowest BCUT2D eigenvalue weighted by Gasteiger charge is -2.27. The van der Waals surface area contributed by atoms with Crippen molar-refractivity contribution in [2.75, 3.05) is 13.2 Å². The first-order valence-corrected chi connectivity index (χ1v) is 6.36. The van der Waals surface area contributed by atoms with E-state index in [0.29, 0.717) is 6.61 Å². The summed E-state index contributed by atoms with van der Waals surface area (Å²) < 4.78 is 10.6. The number of hydrogen-bond donors (Lipinski definition) is 2. The Morgan fingerprint density at radius 3 is 3.10 bits per heavy atom. The molecule has 3 rings (SSSR count). The number of nitrogens with one attached hydrogen (secondary N) is 1. The fourth-order valence-electron chi connectivity index (χ4n) is 2.52. The Labute approximate surface area is 115 Å². The molecular weight excluding hydrogens is 260 g/mol. The maximum Gasteiger partial charge on any atom is 0.404 e. The number of rotatable bonds is 3.